The Morgan fingerprint density at radius 2 is 1.78 bits per heavy atom. The number of imidazole rings is 1. The first-order valence-electron chi connectivity index (χ1n) is 7.53. The second kappa shape index (κ2) is 6.57. The van der Waals surface area contributed by atoms with Gasteiger partial charge in [0.25, 0.3) is 0 Å². The van der Waals surface area contributed by atoms with Crippen LogP contribution in [0, 0.1) is 0 Å². The van der Waals surface area contributed by atoms with Gasteiger partial charge in [0.2, 0.25) is 0 Å². The second-order valence-corrected chi connectivity index (χ2v) is 5.52. The Bertz CT molecular complexity index is 819. The quantitative estimate of drug-likeness (QED) is 0.640. The zero-order valence-corrected chi connectivity index (χ0v) is 13.5. The average molecular weight is 308 g/mol. The molecular weight excluding hydrogens is 288 g/mol. The van der Waals surface area contributed by atoms with Gasteiger partial charge in [-0.25, -0.2) is 4.98 Å². The molecule has 0 aliphatic carbocycles. The molecule has 0 bridgehead atoms. The van der Waals surface area contributed by atoms with Crippen LogP contribution in [0.4, 0.5) is 0 Å². The average Bonchev–Trinajstić information content (AvgIpc) is 2.91. The molecule has 0 aliphatic heterocycles. The summed E-state index contributed by atoms with van der Waals surface area (Å²) in [6.07, 6.45) is 0. The Morgan fingerprint density at radius 1 is 1.09 bits per heavy atom. The van der Waals surface area contributed by atoms with Crippen molar-refractivity contribution >= 4 is 11.0 Å². The van der Waals surface area contributed by atoms with Crippen molar-refractivity contribution in [1.29, 1.82) is 0 Å². The van der Waals surface area contributed by atoms with Crippen LogP contribution >= 0.6 is 0 Å². The van der Waals surface area contributed by atoms with Crippen LogP contribution < -0.4 is 9.47 Å². The molecule has 2 aromatic carbocycles. The molecule has 3 rings (SSSR count). The molecular formula is C19H20N2O2. The largest absolute Gasteiger partial charge is 0.497 e. The predicted octanol–water partition coefficient (Wildman–Crippen LogP) is 4.20. The smallest absolute Gasteiger partial charge is 0.148 e. The highest BCUT2D eigenvalue weighted by atomic mass is 16.5. The zero-order valence-electron chi connectivity index (χ0n) is 13.5. The monoisotopic (exact) mass is 308 g/mol. The third-order valence-electron chi connectivity index (χ3n) is 3.59. The first kappa shape index (κ1) is 15.2. The summed E-state index contributed by atoms with van der Waals surface area (Å²) in [6.45, 7) is 7.18. The van der Waals surface area contributed by atoms with Gasteiger partial charge in [-0.1, -0.05) is 24.3 Å². The number of para-hydroxylation sites is 2. The lowest BCUT2D eigenvalue weighted by Gasteiger charge is -2.10. The van der Waals surface area contributed by atoms with Gasteiger partial charge in [-0.3, -0.25) is 0 Å². The van der Waals surface area contributed by atoms with Crippen LogP contribution in [0.5, 0.6) is 11.5 Å². The van der Waals surface area contributed by atoms with Gasteiger partial charge < -0.3 is 14.0 Å². The van der Waals surface area contributed by atoms with Gasteiger partial charge in [-0.15, -0.1) is 0 Å². The van der Waals surface area contributed by atoms with E-state index in [2.05, 4.69) is 22.2 Å². The molecule has 0 saturated carbocycles. The normalized spacial score (nSPS) is 10.7. The molecule has 0 fully saturated rings. The Labute approximate surface area is 136 Å². The third-order valence-corrected chi connectivity index (χ3v) is 3.59. The molecule has 0 spiro atoms. The highest BCUT2D eigenvalue weighted by Gasteiger charge is 2.11. The first-order valence-corrected chi connectivity index (χ1v) is 7.53. The molecule has 3 aromatic rings. The molecule has 0 amide bonds. The van der Waals surface area contributed by atoms with Crippen LogP contribution in [-0.2, 0) is 13.2 Å². The van der Waals surface area contributed by atoms with Crippen molar-refractivity contribution in [2.24, 2.45) is 0 Å². The molecule has 0 unspecified atom stereocenters. The fourth-order valence-corrected chi connectivity index (χ4v) is 2.50. The van der Waals surface area contributed by atoms with E-state index in [1.165, 1.54) is 0 Å². The van der Waals surface area contributed by atoms with E-state index in [-0.39, 0.29) is 0 Å². The van der Waals surface area contributed by atoms with Gasteiger partial charge in [-0.2, -0.15) is 0 Å². The summed E-state index contributed by atoms with van der Waals surface area (Å²) in [6, 6.07) is 15.7. The third kappa shape index (κ3) is 3.37. The van der Waals surface area contributed by atoms with Crippen molar-refractivity contribution in [3.63, 3.8) is 0 Å². The number of allylic oxidation sites excluding steroid dienone is 1. The molecule has 1 heterocycles. The number of benzene rings is 2. The van der Waals surface area contributed by atoms with Crippen LogP contribution in [-0.4, -0.2) is 16.7 Å². The molecule has 23 heavy (non-hydrogen) atoms. The van der Waals surface area contributed by atoms with Crippen molar-refractivity contribution in [3.8, 4) is 11.5 Å². The lowest BCUT2D eigenvalue weighted by molar-refractivity contribution is 0.290. The van der Waals surface area contributed by atoms with E-state index in [1.807, 2.05) is 49.4 Å². The summed E-state index contributed by atoms with van der Waals surface area (Å²) in [5.41, 5.74) is 3.16. The van der Waals surface area contributed by atoms with Gasteiger partial charge in [0.05, 0.1) is 18.1 Å². The van der Waals surface area contributed by atoms with Crippen LogP contribution in [0.3, 0.4) is 0 Å². The van der Waals surface area contributed by atoms with Crippen molar-refractivity contribution in [1.82, 2.24) is 9.55 Å². The van der Waals surface area contributed by atoms with E-state index in [0.717, 1.165) is 40.5 Å². The lowest BCUT2D eigenvalue weighted by Crippen LogP contribution is -2.08. The van der Waals surface area contributed by atoms with Crippen molar-refractivity contribution in [2.45, 2.75) is 20.1 Å². The van der Waals surface area contributed by atoms with Gasteiger partial charge in [-0.05, 0) is 43.3 Å². The molecule has 0 radical (unpaired) electrons. The molecule has 118 valence electrons. The van der Waals surface area contributed by atoms with E-state index in [0.29, 0.717) is 6.61 Å². The molecule has 0 saturated heterocycles. The van der Waals surface area contributed by atoms with Crippen LogP contribution in [0.1, 0.15) is 12.7 Å². The topological polar surface area (TPSA) is 36.3 Å². The van der Waals surface area contributed by atoms with Gasteiger partial charge in [0.15, 0.2) is 0 Å². The minimum Gasteiger partial charge on any atom is -0.497 e. The number of ether oxygens (including phenoxy) is 2. The Kier molecular flexibility index (Phi) is 4.33. The summed E-state index contributed by atoms with van der Waals surface area (Å²) in [4.78, 5) is 4.69. The minimum absolute atomic E-state index is 0.411. The van der Waals surface area contributed by atoms with Crippen molar-refractivity contribution in [2.75, 3.05) is 7.11 Å². The van der Waals surface area contributed by atoms with Gasteiger partial charge in [0, 0.05) is 6.54 Å². The highest BCUT2D eigenvalue weighted by Crippen LogP contribution is 2.21. The second-order valence-electron chi connectivity index (χ2n) is 5.52. The first-order chi connectivity index (χ1) is 11.2. The number of fused-ring (bicyclic) bond motifs is 1. The maximum atomic E-state index is 5.87. The molecule has 1 aromatic heterocycles. The fourth-order valence-electron chi connectivity index (χ4n) is 2.50. The lowest BCUT2D eigenvalue weighted by atomic mass is 10.3. The van der Waals surface area contributed by atoms with Gasteiger partial charge in [0.1, 0.15) is 23.9 Å². The summed E-state index contributed by atoms with van der Waals surface area (Å²) in [7, 11) is 1.65. The van der Waals surface area contributed by atoms with Crippen LogP contribution in [0.2, 0.25) is 0 Å². The number of methoxy groups -OCH3 is 1. The molecule has 4 nitrogen and oxygen atoms in total. The van der Waals surface area contributed by atoms with Gasteiger partial charge >= 0.3 is 0 Å². The van der Waals surface area contributed by atoms with Crippen molar-refractivity contribution < 1.29 is 9.47 Å². The maximum Gasteiger partial charge on any atom is 0.148 e. The fraction of sp³-hybridized carbons (Fsp3) is 0.211. The molecule has 0 atom stereocenters. The van der Waals surface area contributed by atoms with E-state index < -0.39 is 0 Å². The number of hydrogen-bond acceptors (Lipinski definition) is 3. The maximum absolute atomic E-state index is 5.87. The molecule has 4 heteroatoms. The standard InChI is InChI=1S/C19H20N2O2/c1-14(2)12-21-18-7-5-4-6-17(18)20-19(21)13-23-16-10-8-15(22-3)9-11-16/h4-11H,1,12-13H2,2-3H3. The Morgan fingerprint density at radius 3 is 2.48 bits per heavy atom. The summed E-state index contributed by atoms with van der Waals surface area (Å²) in [5.74, 6) is 2.50. The minimum atomic E-state index is 0.411. The SMILES string of the molecule is C=C(C)Cn1c(COc2ccc(OC)cc2)nc2ccccc21. The summed E-state index contributed by atoms with van der Waals surface area (Å²) in [5, 5.41) is 0. The highest BCUT2D eigenvalue weighted by molar-refractivity contribution is 5.76. The van der Waals surface area contributed by atoms with E-state index in [4.69, 9.17) is 9.47 Å². The zero-order chi connectivity index (χ0) is 16.2. The van der Waals surface area contributed by atoms with E-state index in [9.17, 15) is 0 Å². The number of nitrogens with zero attached hydrogens (tertiary/aromatic N) is 2. The molecule has 0 N–H and O–H groups in total. The summed E-state index contributed by atoms with van der Waals surface area (Å²) < 4.78 is 13.2. The number of hydrogen-bond donors (Lipinski definition) is 0. The van der Waals surface area contributed by atoms with E-state index in [1.54, 1.807) is 7.11 Å². The van der Waals surface area contributed by atoms with E-state index >= 15 is 0 Å². The van der Waals surface area contributed by atoms with Crippen LogP contribution in [0.15, 0.2) is 60.7 Å². The molecule has 0 aliphatic rings. The van der Waals surface area contributed by atoms with Crippen molar-refractivity contribution in [3.05, 3.63) is 66.5 Å². The summed E-state index contributed by atoms with van der Waals surface area (Å²) >= 11 is 0. The Hall–Kier alpha value is -2.75. The van der Waals surface area contributed by atoms with Crippen LogP contribution in [0.25, 0.3) is 11.0 Å². The Balaban J connectivity index is 1.84. The number of aromatic nitrogens is 2. The number of rotatable bonds is 6. The predicted molar refractivity (Wildman–Crippen MR) is 91.9 cm³/mol.